The van der Waals surface area contributed by atoms with Gasteiger partial charge in [-0.3, -0.25) is 4.40 Å². The molecule has 0 amide bonds. The summed E-state index contributed by atoms with van der Waals surface area (Å²) in [7, 11) is 0. The summed E-state index contributed by atoms with van der Waals surface area (Å²) >= 11 is 0. The zero-order valence-corrected chi connectivity index (χ0v) is 15.2. The Kier molecular flexibility index (Phi) is 5.12. The van der Waals surface area contributed by atoms with Gasteiger partial charge in [0.2, 0.25) is 0 Å². The first-order chi connectivity index (χ1) is 12.0. The largest absolute Gasteiger partial charge is 0.493 e. The summed E-state index contributed by atoms with van der Waals surface area (Å²) in [4.78, 5) is 4.67. The van der Waals surface area contributed by atoms with Crippen molar-refractivity contribution in [2.75, 3.05) is 6.61 Å². The van der Waals surface area contributed by atoms with E-state index in [2.05, 4.69) is 42.9 Å². The number of benzene rings is 1. The maximum atomic E-state index is 5.69. The lowest BCUT2D eigenvalue weighted by molar-refractivity contribution is 0.271. The minimum Gasteiger partial charge on any atom is -0.493 e. The molecule has 1 aromatic carbocycles. The van der Waals surface area contributed by atoms with E-state index in [0.717, 1.165) is 28.6 Å². The van der Waals surface area contributed by atoms with Crippen LogP contribution in [0.3, 0.4) is 0 Å². The van der Waals surface area contributed by atoms with Crippen molar-refractivity contribution in [1.29, 1.82) is 0 Å². The van der Waals surface area contributed by atoms with Crippen molar-refractivity contribution < 1.29 is 4.74 Å². The van der Waals surface area contributed by atoms with Gasteiger partial charge in [0, 0.05) is 6.20 Å². The summed E-state index contributed by atoms with van der Waals surface area (Å²) in [5.41, 5.74) is 2.63. The second kappa shape index (κ2) is 7.47. The van der Waals surface area contributed by atoms with Crippen molar-refractivity contribution in [3.63, 3.8) is 0 Å². The molecule has 0 spiro atoms. The average molecular weight is 336 g/mol. The Hall–Kier alpha value is -2.69. The van der Waals surface area contributed by atoms with E-state index < -0.39 is 0 Å². The third-order valence-corrected chi connectivity index (χ3v) is 3.76. The molecule has 3 aromatic rings. The van der Waals surface area contributed by atoms with Crippen LogP contribution in [0.15, 0.2) is 58.9 Å². The van der Waals surface area contributed by atoms with Crippen LogP contribution in [0.2, 0.25) is 0 Å². The Morgan fingerprint density at radius 3 is 2.44 bits per heavy atom. The van der Waals surface area contributed by atoms with Gasteiger partial charge in [0.05, 0.1) is 18.0 Å². The molecule has 0 unspecified atom stereocenters. The Morgan fingerprint density at radius 1 is 1.00 bits per heavy atom. The molecule has 0 aliphatic heterocycles. The molecule has 0 aliphatic carbocycles. The monoisotopic (exact) mass is 336 g/mol. The van der Waals surface area contributed by atoms with Crippen LogP contribution in [0.4, 0.5) is 11.5 Å². The number of nitrogens with zero attached hydrogens (tertiary/aromatic N) is 4. The predicted octanol–water partition coefficient (Wildman–Crippen LogP) is 5.91. The van der Waals surface area contributed by atoms with Gasteiger partial charge in [0.25, 0.3) is 0 Å². The van der Waals surface area contributed by atoms with Crippen molar-refractivity contribution in [2.45, 2.75) is 33.6 Å². The highest BCUT2D eigenvalue weighted by Gasteiger charge is 2.14. The molecule has 0 bridgehead atoms. The van der Waals surface area contributed by atoms with E-state index in [9.17, 15) is 0 Å². The van der Waals surface area contributed by atoms with Crippen molar-refractivity contribution in [2.24, 2.45) is 16.1 Å². The van der Waals surface area contributed by atoms with Crippen molar-refractivity contribution in [3.05, 3.63) is 54.4 Å². The van der Waals surface area contributed by atoms with Gasteiger partial charge in [-0.15, -0.1) is 10.2 Å². The zero-order valence-electron chi connectivity index (χ0n) is 15.2. The van der Waals surface area contributed by atoms with Crippen LogP contribution in [0.1, 0.15) is 39.3 Å². The van der Waals surface area contributed by atoms with E-state index in [1.807, 2.05) is 53.1 Å². The van der Waals surface area contributed by atoms with Gasteiger partial charge >= 0.3 is 0 Å². The first-order valence-corrected chi connectivity index (χ1v) is 8.66. The smallest absolute Gasteiger partial charge is 0.183 e. The maximum Gasteiger partial charge on any atom is 0.183 e. The number of ether oxygens (including phenoxy) is 1. The third kappa shape index (κ3) is 4.05. The lowest BCUT2D eigenvalue weighted by Crippen LogP contribution is -2.03. The number of fused-ring (bicyclic) bond motifs is 1. The van der Waals surface area contributed by atoms with Crippen molar-refractivity contribution in [1.82, 2.24) is 9.38 Å². The van der Waals surface area contributed by atoms with Crippen LogP contribution in [-0.2, 0) is 0 Å². The highest BCUT2D eigenvalue weighted by atomic mass is 16.5. The van der Waals surface area contributed by atoms with Gasteiger partial charge in [-0.05, 0) is 48.2 Å². The first-order valence-electron chi connectivity index (χ1n) is 8.66. The van der Waals surface area contributed by atoms with Crippen LogP contribution < -0.4 is 4.74 Å². The molecule has 0 saturated carbocycles. The number of hydrogen-bond donors (Lipinski definition) is 0. The van der Waals surface area contributed by atoms with E-state index in [1.54, 1.807) is 0 Å². The summed E-state index contributed by atoms with van der Waals surface area (Å²) in [5.74, 6) is 2.42. The highest BCUT2D eigenvalue weighted by Crippen LogP contribution is 2.29. The number of rotatable bonds is 6. The standard InChI is InChI=1S/C20H24N4O/c1-14(2)13-25-17-10-8-16(9-11-17)22-23-20-19(15(3)4)21-18-7-5-6-12-24(18)20/h5-12,14-15H,13H2,1-4H3. The normalized spacial score (nSPS) is 11.9. The fourth-order valence-corrected chi connectivity index (χ4v) is 2.46. The molecular formula is C20H24N4O. The van der Waals surface area contributed by atoms with Gasteiger partial charge in [-0.1, -0.05) is 33.8 Å². The van der Waals surface area contributed by atoms with Crippen LogP contribution >= 0.6 is 0 Å². The molecule has 0 aliphatic rings. The molecule has 0 saturated heterocycles. The van der Waals surface area contributed by atoms with E-state index in [-0.39, 0.29) is 5.92 Å². The molecule has 130 valence electrons. The summed E-state index contributed by atoms with van der Waals surface area (Å²) in [6.07, 6.45) is 1.96. The molecule has 0 N–H and O–H groups in total. The Labute approximate surface area is 148 Å². The second-order valence-electron chi connectivity index (χ2n) is 6.80. The van der Waals surface area contributed by atoms with Gasteiger partial charge < -0.3 is 4.74 Å². The number of pyridine rings is 1. The molecule has 0 atom stereocenters. The number of aromatic nitrogens is 2. The van der Waals surface area contributed by atoms with E-state index in [1.165, 1.54) is 0 Å². The molecule has 3 rings (SSSR count). The number of azo groups is 1. The third-order valence-electron chi connectivity index (χ3n) is 3.76. The SMILES string of the molecule is CC(C)COc1ccc(N=Nc2c(C(C)C)nc3ccccn23)cc1. The van der Waals surface area contributed by atoms with Gasteiger partial charge in [-0.2, -0.15) is 0 Å². The quantitative estimate of drug-likeness (QED) is 0.526. The van der Waals surface area contributed by atoms with Crippen LogP contribution in [0.5, 0.6) is 5.75 Å². The lowest BCUT2D eigenvalue weighted by Gasteiger charge is -2.08. The van der Waals surface area contributed by atoms with Crippen LogP contribution in [0, 0.1) is 5.92 Å². The summed E-state index contributed by atoms with van der Waals surface area (Å²) < 4.78 is 7.67. The van der Waals surface area contributed by atoms with Crippen LogP contribution in [0.25, 0.3) is 5.65 Å². The molecule has 2 aromatic heterocycles. The number of hydrogen-bond acceptors (Lipinski definition) is 4. The van der Waals surface area contributed by atoms with Gasteiger partial charge in [0.1, 0.15) is 11.4 Å². The second-order valence-corrected chi connectivity index (χ2v) is 6.80. The number of imidazole rings is 1. The summed E-state index contributed by atoms with van der Waals surface area (Å²) in [6.45, 7) is 9.19. The van der Waals surface area contributed by atoms with Gasteiger partial charge in [0.15, 0.2) is 5.82 Å². The Balaban J connectivity index is 1.84. The minimum atomic E-state index is 0.278. The topological polar surface area (TPSA) is 51.2 Å². The van der Waals surface area contributed by atoms with E-state index in [4.69, 9.17) is 4.74 Å². The molecule has 0 radical (unpaired) electrons. The first kappa shape index (κ1) is 17.1. The molecule has 5 nitrogen and oxygen atoms in total. The molecule has 2 heterocycles. The summed E-state index contributed by atoms with van der Waals surface area (Å²) in [6, 6.07) is 13.6. The summed E-state index contributed by atoms with van der Waals surface area (Å²) in [5, 5.41) is 8.86. The predicted molar refractivity (Wildman–Crippen MR) is 100 cm³/mol. The lowest BCUT2D eigenvalue weighted by atomic mass is 10.1. The van der Waals surface area contributed by atoms with Gasteiger partial charge in [-0.25, -0.2) is 4.98 Å². The van der Waals surface area contributed by atoms with Crippen molar-refractivity contribution >= 4 is 17.2 Å². The highest BCUT2D eigenvalue weighted by molar-refractivity contribution is 5.53. The van der Waals surface area contributed by atoms with E-state index in [0.29, 0.717) is 12.5 Å². The minimum absolute atomic E-state index is 0.278. The van der Waals surface area contributed by atoms with Crippen LogP contribution in [-0.4, -0.2) is 16.0 Å². The fraction of sp³-hybridized carbons (Fsp3) is 0.350. The van der Waals surface area contributed by atoms with Crippen molar-refractivity contribution in [3.8, 4) is 5.75 Å². The molecular weight excluding hydrogens is 312 g/mol. The molecule has 5 heteroatoms. The Morgan fingerprint density at radius 2 is 1.76 bits per heavy atom. The zero-order chi connectivity index (χ0) is 17.8. The Bertz CT molecular complexity index is 863. The molecule has 25 heavy (non-hydrogen) atoms. The fourth-order valence-electron chi connectivity index (χ4n) is 2.46. The van der Waals surface area contributed by atoms with E-state index >= 15 is 0 Å². The maximum absolute atomic E-state index is 5.69. The average Bonchev–Trinajstić information content (AvgIpc) is 2.98. The molecule has 0 fully saturated rings.